The number of nitrogens with zero attached hydrogens (tertiary/aromatic N) is 11. The van der Waals surface area contributed by atoms with Crippen molar-refractivity contribution in [3.05, 3.63) is 252 Å². The highest BCUT2D eigenvalue weighted by Crippen LogP contribution is 2.43. The van der Waals surface area contributed by atoms with Crippen LogP contribution < -0.4 is 19.8 Å². The van der Waals surface area contributed by atoms with Crippen LogP contribution in [0.25, 0.3) is 21.9 Å². The first-order valence-corrected chi connectivity index (χ1v) is 46.9. The minimum absolute atomic E-state index is 0. The first-order valence-electron chi connectivity index (χ1n) is 42.6. The largest absolute Gasteiger partial charge is 0.493 e. The summed E-state index contributed by atoms with van der Waals surface area (Å²) in [6, 6.07) is 60.4. The van der Waals surface area contributed by atoms with Gasteiger partial charge in [-0.15, -0.1) is 24.8 Å². The molecule has 4 aromatic carbocycles. The van der Waals surface area contributed by atoms with Crippen LogP contribution >= 0.6 is 72.6 Å². The number of hydrogen-bond donors (Lipinski definition) is 0. The van der Waals surface area contributed by atoms with Gasteiger partial charge in [-0.25, -0.2) is 15.0 Å². The van der Waals surface area contributed by atoms with Gasteiger partial charge in [0.25, 0.3) is 8.32 Å². The van der Waals surface area contributed by atoms with Gasteiger partial charge < -0.3 is 32.7 Å². The highest BCUT2D eigenvalue weighted by molar-refractivity contribution is 9.11. The van der Waals surface area contributed by atoms with Crippen molar-refractivity contribution in [1.29, 1.82) is 0 Å². The highest BCUT2D eigenvalue weighted by Gasteiger charge is 2.50. The second kappa shape index (κ2) is 43.8. The summed E-state index contributed by atoms with van der Waals surface area (Å²) in [5, 5.41) is 13.9. The molecule has 2 saturated heterocycles. The molecule has 0 N–H and O–H groups in total. The molecule has 23 heteroatoms. The average Bonchev–Trinajstić information content (AvgIpc) is 1.54. The van der Waals surface area contributed by atoms with E-state index in [9.17, 15) is 4.79 Å². The number of rotatable bonds is 29. The average molecular weight is 1860 g/mol. The number of ether oxygens (including phenoxy) is 2. The predicted molar refractivity (Wildman–Crippen MR) is 494 cm³/mol. The molecule has 632 valence electrons. The van der Waals surface area contributed by atoms with Crippen LogP contribution in [-0.4, -0.2) is 137 Å². The predicted octanol–water partition coefficient (Wildman–Crippen LogP) is 21.7. The van der Waals surface area contributed by atoms with Crippen LogP contribution in [0.3, 0.4) is 0 Å². The molecule has 0 amide bonds. The molecule has 7 fully saturated rings. The third kappa shape index (κ3) is 26.5. The van der Waals surface area contributed by atoms with Crippen molar-refractivity contribution in [2.45, 2.75) is 192 Å². The molecule has 7 aliphatic rings. The third-order valence-electron chi connectivity index (χ3n) is 23.5. The monoisotopic (exact) mass is 1860 g/mol. The van der Waals surface area contributed by atoms with Gasteiger partial charge in [0.2, 0.25) is 0 Å². The van der Waals surface area contributed by atoms with Gasteiger partial charge in [-0.3, -0.25) is 24.6 Å². The molecular formula is C96H118Br3Cl2N11O6Si. The van der Waals surface area contributed by atoms with Crippen LogP contribution in [0.1, 0.15) is 208 Å². The Morgan fingerprint density at radius 2 is 0.840 bits per heavy atom. The summed E-state index contributed by atoms with van der Waals surface area (Å²) in [7, 11) is 5.86. The molecule has 0 atom stereocenters. The molecule has 119 heavy (non-hydrogen) atoms. The number of aromatic nitrogens is 7. The second-order valence-electron chi connectivity index (χ2n) is 34.8. The molecule has 0 bridgehead atoms. The fraction of sp³-hybridized carbons (Fsp3) is 0.458. The Labute approximate surface area is 743 Å². The van der Waals surface area contributed by atoms with Crippen LogP contribution in [0, 0.1) is 23.7 Å². The number of fused-ring (bicyclic) bond motifs is 2. The van der Waals surface area contributed by atoms with E-state index < -0.39 is 8.32 Å². The number of aldehydes is 1. The maximum atomic E-state index is 10.3. The van der Waals surface area contributed by atoms with Crippen molar-refractivity contribution in [2.75, 3.05) is 67.6 Å². The minimum Gasteiger partial charge on any atom is -0.493 e. The van der Waals surface area contributed by atoms with Gasteiger partial charge in [0.1, 0.15) is 31.0 Å². The zero-order valence-corrected chi connectivity index (χ0v) is 77.6. The summed E-state index contributed by atoms with van der Waals surface area (Å²) >= 11 is 9.90. The number of piperidine rings is 2. The van der Waals surface area contributed by atoms with Gasteiger partial charge in [-0.2, -0.15) is 0 Å². The lowest BCUT2D eigenvalue weighted by atomic mass is 9.91. The summed E-state index contributed by atoms with van der Waals surface area (Å²) in [6.07, 6.45) is 23.0. The zero-order chi connectivity index (χ0) is 81.3. The van der Waals surface area contributed by atoms with Gasteiger partial charge in [0, 0.05) is 71.8 Å². The molecule has 2 aliphatic heterocycles. The summed E-state index contributed by atoms with van der Waals surface area (Å²) in [6.45, 7) is 17.2. The number of benzene rings is 4. The molecule has 5 aliphatic carbocycles. The number of carbonyl (C=O) groups excluding carboxylic acids is 1. The maximum absolute atomic E-state index is 10.3. The standard InChI is InChI=1S/2C30H40N4O2.C22H24BrNOSi.C9H9NO.C5H3Br2N.2ClH/c2*1-33(2)19-26-29(35-20-22-6-7-22)13-11-25-28(32-36-30(25)26)12-8-21-14-16-34(17-15-21)18-24-4-3-5-27(31-24)23-9-10-23;1-22(2,3)26(19-12-6-4-7-13-19,20-14-8-5-9-15-20)25-17-18-11-10-16-21(23)24-18;11-6-8-2-1-3-9(10-8)7-4-5-7;6-4-2-1-3-5(7)8-4;;/h2*3-5,11,13,21-23H,6-10,12,14-20H2,1-2H3;4-16H,17H2,1-3H3;1-3,6-7H,4-5H2;1-3H;2*1H. The molecule has 5 saturated carbocycles. The van der Waals surface area contributed by atoms with Crippen LogP contribution in [0.15, 0.2) is 199 Å². The van der Waals surface area contributed by atoms with Crippen molar-refractivity contribution in [2.24, 2.45) is 23.7 Å². The van der Waals surface area contributed by atoms with Crippen molar-refractivity contribution < 1.29 is 27.7 Å². The van der Waals surface area contributed by atoms with Crippen molar-refractivity contribution in [3.63, 3.8) is 0 Å². The van der Waals surface area contributed by atoms with E-state index in [1.807, 2.05) is 48.5 Å². The first kappa shape index (κ1) is 91.1. The van der Waals surface area contributed by atoms with E-state index in [-0.39, 0.29) is 29.9 Å². The summed E-state index contributed by atoms with van der Waals surface area (Å²) in [4.78, 5) is 42.5. The lowest BCUT2D eigenvalue weighted by molar-refractivity contribution is 0.111. The Hall–Kier alpha value is -7.12. The number of hydrogen-bond acceptors (Lipinski definition) is 17. The van der Waals surface area contributed by atoms with Gasteiger partial charge >= 0.3 is 0 Å². The molecule has 0 radical (unpaired) electrons. The topological polar surface area (TPSA) is 174 Å². The van der Waals surface area contributed by atoms with Crippen molar-refractivity contribution in [1.82, 2.24) is 54.8 Å². The Balaban J connectivity index is 0.000000147. The van der Waals surface area contributed by atoms with Gasteiger partial charge in [-0.05, 0) is 342 Å². The Morgan fingerprint density at radius 3 is 1.22 bits per heavy atom. The van der Waals surface area contributed by atoms with Crippen LogP contribution in [-0.2, 0) is 50.1 Å². The highest BCUT2D eigenvalue weighted by atomic mass is 79.9. The first-order chi connectivity index (χ1) is 56.9. The summed E-state index contributed by atoms with van der Waals surface area (Å²) in [5.74, 6) is 6.96. The van der Waals surface area contributed by atoms with Gasteiger partial charge in [-0.1, -0.05) is 122 Å². The number of aryl methyl sites for hydroxylation is 2. The fourth-order valence-corrected chi connectivity index (χ4v) is 21.9. The Kier molecular flexibility index (Phi) is 33.5. The van der Waals surface area contributed by atoms with Crippen LogP contribution in [0.5, 0.6) is 11.5 Å². The molecule has 0 spiro atoms. The summed E-state index contributed by atoms with van der Waals surface area (Å²) < 4.78 is 33.6. The third-order valence-corrected chi connectivity index (χ3v) is 29.8. The van der Waals surface area contributed by atoms with E-state index in [1.165, 1.54) is 136 Å². The number of halogens is 5. The van der Waals surface area contributed by atoms with E-state index in [2.05, 4.69) is 263 Å². The number of carbonyl (C=O) groups is 1. The number of likely N-dealkylation sites (tertiary alicyclic amines) is 2. The summed E-state index contributed by atoms with van der Waals surface area (Å²) in [5.41, 5.74) is 13.9. The van der Waals surface area contributed by atoms with Crippen LogP contribution in [0.4, 0.5) is 0 Å². The van der Waals surface area contributed by atoms with E-state index in [4.69, 9.17) is 32.9 Å². The molecule has 9 heterocycles. The Bertz CT molecular complexity index is 4760. The molecule has 17 nitrogen and oxygen atoms in total. The molecular weight excluding hydrogens is 1740 g/mol. The smallest absolute Gasteiger partial charge is 0.261 e. The van der Waals surface area contributed by atoms with Crippen molar-refractivity contribution >= 4 is 120 Å². The normalized spacial score (nSPS) is 16.5. The Morgan fingerprint density at radius 1 is 0.445 bits per heavy atom. The molecule has 0 unspecified atom stereocenters. The second-order valence-corrected chi connectivity index (χ2v) is 41.6. The van der Waals surface area contributed by atoms with Crippen molar-refractivity contribution in [3.8, 4) is 11.5 Å². The van der Waals surface area contributed by atoms with Crippen LogP contribution in [0.2, 0.25) is 5.04 Å². The lowest BCUT2D eigenvalue weighted by Gasteiger charge is -2.43. The van der Waals surface area contributed by atoms with E-state index in [0.29, 0.717) is 18.2 Å². The lowest BCUT2D eigenvalue weighted by Crippen LogP contribution is -2.66. The van der Waals surface area contributed by atoms with Gasteiger partial charge in [0.15, 0.2) is 17.5 Å². The SMILES string of the molecule is Brc1cccc(Br)n1.CC(C)(C)[Si](OCc1cccc(Br)n1)(c1ccccc1)c1ccccc1.CN(C)Cc1c(OCC2CC2)ccc2c(CCC3CCN(Cc4cccc(C5CC5)n4)CC3)noc12.CN(C)Cc1c(OCC2CC2)ccc2c(CCC3CCN(Cc4cccc(C5CC5)n4)CC3)noc12.Cl.Cl.O=Cc1cccc(C2CC2)n1. The molecule has 11 aromatic rings. The van der Waals surface area contributed by atoms with E-state index in [1.54, 1.807) is 6.07 Å². The maximum Gasteiger partial charge on any atom is 0.261 e. The molecule has 7 aromatic heterocycles. The van der Waals surface area contributed by atoms with E-state index in [0.717, 1.165) is 201 Å². The van der Waals surface area contributed by atoms with E-state index >= 15 is 0 Å². The zero-order valence-electron chi connectivity index (χ0n) is 70.2. The van der Waals surface area contributed by atoms with Gasteiger partial charge in [0.05, 0.1) is 59.4 Å². The minimum atomic E-state index is -2.50. The fourth-order valence-electron chi connectivity index (χ4n) is 16.1. The molecule has 18 rings (SSSR count). The number of pyridine rings is 5. The quantitative estimate of drug-likeness (QED) is 0.0246.